The van der Waals surface area contributed by atoms with Crippen molar-refractivity contribution in [1.82, 2.24) is 0 Å². The Labute approximate surface area is 81.8 Å². The van der Waals surface area contributed by atoms with Crippen molar-refractivity contribution in [3.8, 4) is 5.75 Å². The van der Waals surface area contributed by atoms with E-state index in [1.165, 1.54) is 0 Å². The number of rotatable bonds is 1. The molecule has 1 aromatic carbocycles. The van der Waals surface area contributed by atoms with Crippen molar-refractivity contribution in [2.75, 3.05) is 18.6 Å². The van der Waals surface area contributed by atoms with Crippen molar-refractivity contribution in [1.29, 1.82) is 0 Å². The summed E-state index contributed by atoms with van der Waals surface area (Å²) < 4.78 is 5.27. The van der Waals surface area contributed by atoms with E-state index in [1.54, 1.807) is 18.0 Å². The van der Waals surface area contributed by atoms with Crippen molar-refractivity contribution in [2.24, 2.45) is 4.99 Å². The van der Waals surface area contributed by atoms with Crippen LogP contribution in [-0.4, -0.2) is 26.3 Å². The lowest BCUT2D eigenvalue weighted by Gasteiger charge is -2.26. The Kier molecular flexibility index (Phi) is 1.96. The van der Waals surface area contributed by atoms with Gasteiger partial charge in [0.15, 0.2) is 6.61 Å². The molecule has 0 spiro atoms. The number of benzene rings is 1. The van der Waals surface area contributed by atoms with Crippen LogP contribution in [0.4, 0.5) is 11.4 Å². The Balaban J connectivity index is 2.60. The molecule has 0 bridgehead atoms. The lowest BCUT2D eigenvalue weighted by atomic mass is 10.2. The monoisotopic (exact) mass is 190 g/mol. The zero-order valence-electron chi connectivity index (χ0n) is 7.86. The number of ether oxygens (including phenoxy) is 1. The van der Waals surface area contributed by atoms with Crippen LogP contribution in [0.5, 0.6) is 5.75 Å². The second kappa shape index (κ2) is 3.14. The van der Waals surface area contributed by atoms with E-state index >= 15 is 0 Å². The van der Waals surface area contributed by atoms with E-state index in [1.807, 2.05) is 12.1 Å². The number of hydrogen-bond acceptors (Lipinski definition) is 3. The number of nitrogens with zero attached hydrogens (tertiary/aromatic N) is 2. The highest BCUT2D eigenvalue weighted by Gasteiger charge is 2.24. The summed E-state index contributed by atoms with van der Waals surface area (Å²) >= 11 is 0. The third kappa shape index (κ3) is 1.16. The number of hydrogen-bond donors (Lipinski definition) is 0. The van der Waals surface area contributed by atoms with Gasteiger partial charge in [-0.05, 0) is 18.9 Å². The van der Waals surface area contributed by atoms with Gasteiger partial charge in [0.1, 0.15) is 11.4 Å². The van der Waals surface area contributed by atoms with Gasteiger partial charge in [0.25, 0.3) is 5.91 Å². The molecule has 14 heavy (non-hydrogen) atoms. The standard InChI is InChI=1S/C10H10N2O2/c1-11-7-4-3-5-8-10(7)12(2)9(13)6-14-8/h3-5H,1,6H2,2H3. The average Bonchev–Trinajstić information content (AvgIpc) is 2.23. The molecule has 4 heteroatoms. The molecule has 0 saturated heterocycles. The molecule has 1 heterocycles. The van der Waals surface area contributed by atoms with Crippen LogP contribution in [0.3, 0.4) is 0 Å². The molecule has 1 aromatic rings. The molecule has 0 saturated carbocycles. The predicted octanol–water partition coefficient (Wildman–Crippen LogP) is 1.37. The zero-order chi connectivity index (χ0) is 10.1. The Morgan fingerprint density at radius 2 is 2.36 bits per heavy atom. The van der Waals surface area contributed by atoms with Crippen molar-refractivity contribution >= 4 is 24.0 Å². The molecule has 0 aromatic heterocycles. The lowest BCUT2D eigenvalue weighted by Crippen LogP contribution is -2.35. The summed E-state index contributed by atoms with van der Waals surface area (Å²) in [6.45, 7) is 3.54. The molecule has 0 N–H and O–H groups in total. The number of aliphatic imine (C=N–C) groups is 1. The summed E-state index contributed by atoms with van der Waals surface area (Å²) in [7, 11) is 1.71. The van der Waals surface area contributed by atoms with Crippen LogP contribution in [0, 0.1) is 0 Å². The minimum atomic E-state index is -0.0754. The maximum absolute atomic E-state index is 11.4. The topological polar surface area (TPSA) is 41.9 Å². The van der Waals surface area contributed by atoms with Crippen molar-refractivity contribution in [3.63, 3.8) is 0 Å². The Morgan fingerprint density at radius 1 is 1.57 bits per heavy atom. The van der Waals surface area contributed by atoms with Crippen LogP contribution >= 0.6 is 0 Å². The second-order valence-corrected chi connectivity index (χ2v) is 3.02. The Bertz CT molecular complexity index is 401. The molecule has 2 rings (SSSR count). The number of carbonyl (C=O) groups is 1. The Hall–Kier alpha value is -1.84. The quantitative estimate of drug-likeness (QED) is 0.628. The Morgan fingerprint density at radius 3 is 3.07 bits per heavy atom. The molecule has 72 valence electrons. The second-order valence-electron chi connectivity index (χ2n) is 3.02. The maximum Gasteiger partial charge on any atom is 0.264 e. The molecule has 0 radical (unpaired) electrons. The van der Waals surface area contributed by atoms with Crippen molar-refractivity contribution in [3.05, 3.63) is 18.2 Å². The molecule has 0 aliphatic carbocycles. The van der Waals surface area contributed by atoms with Gasteiger partial charge in [-0.15, -0.1) is 0 Å². The normalized spacial score (nSPS) is 14.6. The number of amides is 1. The van der Waals surface area contributed by atoms with Gasteiger partial charge in [-0.25, -0.2) is 0 Å². The summed E-state index contributed by atoms with van der Waals surface area (Å²) in [5, 5.41) is 0. The van der Waals surface area contributed by atoms with Crippen molar-refractivity contribution in [2.45, 2.75) is 0 Å². The van der Waals surface area contributed by atoms with Gasteiger partial charge < -0.3 is 9.64 Å². The van der Waals surface area contributed by atoms with Gasteiger partial charge in [-0.2, -0.15) is 0 Å². The highest BCUT2D eigenvalue weighted by Crippen LogP contribution is 2.39. The maximum atomic E-state index is 11.4. The van der Waals surface area contributed by atoms with Crippen molar-refractivity contribution < 1.29 is 9.53 Å². The summed E-state index contributed by atoms with van der Waals surface area (Å²) in [5.74, 6) is 0.602. The fourth-order valence-electron chi connectivity index (χ4n) is 1.45. The van der Waals surface area contributed by atoms with Crippen LogP contribution in [0.15, 0.2) is 23.2 Å². The number of carbonyl (C=O) groups excluding carboxylic acids is 1. The van der Waals surface area contributed by atoms with E-state index < -0.39 is 0 Å². The number of anilines is 1. The van der Waals surface area contributed by atoms with Gasteiger partial charge in [0, 0.05) is 7.05 Å². The molecule has 0 atom stereocenters. The summed E-state index contributed by atoms with van der Waals surface area (Å²) in [5.41, 5.74) is 1.36. The molecule has 1 aliphatic heterocycles. The zero-order valence-corrected chi connectivity index (χ0v) is 7.86. The first-order valence-corrected chi connectivity index (χ1v) is 4.23. The van der Waals surface area contributed by atoms with Gasteiger partial charge in [-0.3, -0.25) is 9.79 Å². The highest BCUT2D eigenvalue weighted by atomic mass is 16.5. The van der Waals surface area contributed by atoms with Crippen LogP contribution in [0.2, 0.25) is 0 Å². The fraction of sp³-hybridized carbons (Fsp3) is 0.200. The summed E-state index contributed by atoms with van der Waals surface area (Å²) in [6.07, 6.45) is 0. The van der Waals surface area contributed by atoms with Crippen LogP contribution in [0.1, 0.15) is 0 Å². The molecule has 0 unspecified atom stereocenters. The van der Waals surface area contributed by atoms with Gasteiger partial charge >= 0.3 is 0 Å². The number of likely N-dealkylation sites (N-methyl/N-ethyl adjacent to an activating group) is 1. The van der Waals surface area contributed by atoms with E-state index in [-0.39, 0.29) is 12.5 Å². The van der Waals surface area contributed by atoms with E-state index in [2.05, 4.69) is 11.7 Å². The molecule has 1 aliphatic rings. The van der Waals surface area contributed by atoms with Gasteiger partial charge in [-0.1, -0.05) is 6.07 Å². The first-order valence-electron chi connectivity index (χ1n) is 4.23. The molecular weight excluding hydrogens is 180 g/mol. The predicted molar refractivity (Wildman–Crippen MR) is 54.6 cm³/mol. The smallest absolute Gasteiger partial charge is 0.264 e. The van der Waals surface area contributed by atoms with Gasteiger partial charge in [0.2, 0.25) is 0 Å². The molecule has 0 fully saturated rings. The largest absolute Gasteiger partial charge is 0.481 e. The SMILES string of the molecule is C=Nc1cccc2c1N(C)C(=O)CO2. The average molecular weight is 190 g/mol. The molecule has 1 amide bonds. The van der Waals surface area contributed by atoms with E-state index in [0.29, 0.717) is 17.1 Å². The van der Waals surface area contributed by atoms with E-state index in [4.69, 9.17) is 4.74 Å². The molecular formula is C10H10N2O2. The number of fused-ring (bicyclic) bond motifs is 1. The van der Waals surface area contributed by atoms with Crippen LogP contribution in [-0.2, 0) is 4.79 Å². The third-order valence-corrected chi connectivity index (χ3v) is 2.21. The van der Waals surface area contributed by atoms with E-state index in [9.17, 15) is 4.79 Å². The van der Waals surface area contributed by atoms with Gasteiger partial charge in [0.05, 0.1) is 5.69 Å². The minimum absolute atomic E-state index is 0.0754. The first-order chi connectivity index (χ1) is 6.74. The summed E-state index contributed by atoms with van der Waals surface area (Å²) in [6, 6.07) is 5.43. The minimum Gasteiger partial charge on any atom is -0.481 e. The van der Waals surface area contributed by atoms with Crippen LogP contribution < -0.4 is 9.64 Å². The van der Waals surface area contributed by atoms with Crippen LogP contribution in [0.25, 0.3) is 0 Å². The lowest BCUT2D eigenvalue weighted by molar-refractivity contribution is -0.120. The fourth-order valence-corrected chi connectivity index (χ4v) is 1.45. The third-order valence-electron chi connectivity index (χ3n) is 2.21. The summed E-state index contributed by atoms with van der Waals surface area (Å²) in [4.78, 5) is 16.8. The highest BCUT2D eigenvalue weighted by molar-refractivity contribution is 6.00. The van der Waals surface area contributed by atoms with E-state index in [0.717, 1.165) is 0 Å². The first kappa shape index (κ1) is 8.74. The number of para-hydroxylation sites is 1. The molecule has 4 nitrogen and oxygen atoms in total.